The summed E-state index contributed by atoms with van der Waals surface area (Å²) in [6.45, 7) is 0.436. The van der Waals surface area contributed by atoms with E-state index in [2.05, 4.69) is 10.2 Å². The molecule has 0 radical (unpaired) electrons. The number of amides is 1. The zero-order valence-corrected chi connectivity index (χ0v) is 15.9. The Morgan fingerprint density at radius 2 is 1.69 bits per heavy atom. The number of rotatable bonds is 4. The summed E-state index contributed by atoms with van der Waals surface area (Å²) in [7, 11) is 0. The molecule has 0 aliphatic rings. The van der Waals surface area contributed by atoms with Crippen LogP contribution in [0, 0.1) is 0 Å². The SMILES string of the molecule is O=C(N=Nc1c(O)n(Cc2ccccc2)c2ccccc12)c1cc(Cl)ccc1O. The molecular weight excluding hydrogens is 390 g/mol. The van der Waals surface area contributed by atoms with Gasteiger partial charge in [0, 0.05) is 10.4 Å². The number of benzene rings is 3. The number of nitrogens with zero attached hydrogens (tertiary/aromatic N) is 3. The van der Waals surface area contributed by atoms with E-state index < -0.39 is 5.91 Å². The first-order valence-corrected chi connectivity index (χ1v) is 9.21. The molecule has 0 fully saturated rings. The zero-order valence-electron chi connectivity index (χ0n) is 15.2. The summed E-state index contributed by atoms with van der Waals surface area (Å²) in [5, 5.41) is 29.3. The van der Waals surface area contributed by atoms with Crippen LogP contribution in [0.1, 0.15) is 15.9 Å². The molecule has 0 aliphatic heterocycles. The molecule has 0 aliphatic carbocycles. The van der Waals surface area contributed by atoms with Crippen LogP contribution in [-0.2, 0) is 6.54 Å². The first-order valence-electron chi connectivity index (χ1n) is 8.83. The van der Waals surface area contributed by atoms with Gasteiger partial charge in [-0.15, -0.1) is 10.2 Å². The number of para-hydroxylation sites is 1. The number of phenols is 1. The van der Waals surface area contributed by atoms with Gasteiger partial charge in [0.15, 0.2) is 5.69 Å². The number of hydrogen-bond donors (Lipinski definition) is 2. The van der Waals surface area contributed by atoms with Crippen LogP contribution >= 0.6 is 11.6 Å². The molecule has 144 valence electrons. The predicted molar refractivity (Wildman–Crippen MR) is 111 cm³/mol. The highest BCUT2D eigenvalue weighted by molar-refractivity contribution is 6.31. The molecule has 1 amide bonds. The first-order chi connectivity index (χ1) is 14.0. The second-order valence-electron chi connectivity index (χ2n) is 6.43. The summed E-state index contributed by atoms with van der Waals surface area (Å²) >= 11 is 5.88. The van der Waals surface area contributed by atoms with Gasteiger partial charge in [-0.05, 0) is 29.8 Å². The molecule has 7 heteroatoms. The van der Waals surface area contributed by atoms with Crippen LogP contribution in [0.2, 0.25) is 5.02 Å². The number of carbonyl (C=O) groups is 1. The molecular formula is C22H16ClN3O3. The smallest absolute Gasteiger partial charge is 0.299 e. The van der Waals surface area contributed by atoms with E-state index in [1.165, 1.54) is 18.2 Å². The van der Waals surface area contributed by atoms with Crippen molar-refractivity contribution in [1.82, 2.24) is 4.57 Å². The summed E-state index contributed by atoms with van der Waals surface area (Å²) < 4.78 is 1.71. The van der Waals surface area contributed by atoms with Crippen LogP contribution < -0.4 is 0 Å². The van der Waals surface area contributed by atoms with E-state index in [0.29, 0.717) is 17.0 Å². The minimum absolute atomic E-state index is 0.0613. The van der Waals surface area contributed by atoms with E-state index in [1.54, 1.807) is 10.6 Å². The molecule has 3 aromatic carbocycles. The monoisotopic (exact) mass is 405 g/mol. The molecule has 0 saturated carbocycles. The van der Waals surface area contributed by atoms with Gasteiger partial charge in [-0.2, -0.15) is 0 Å². The highest BCUT2D eigenvalue weighted by Crippen LogP contribution is 2.39. The number of fused-ring (bicyclic) bond motifs is 1. The van der Waals surface area contributed by atoms with Gasteiger partial charge in [-0.3, -0.25) is 4.79 Å². The predicted octanol–water partition coefficient (Wildman–Crippen LogP) is 5.68. The molecule has 0 spiro atoms. The van der Waals surface area contributed by atoms with E-state index in [0.717, 1.165) is 11.1 Å². The second kappa shape index (κ2) is 7.77. The van der Waals surface area contributed by atoms with Gasteiger partial charge in [0.25, 0.3) is 5.91 Å². The van der Waals surface area contributed by atoms with Gasteiger partial charge in [-0.1, -0.05) is 60.1 Å². The molecule has 1 aromatic heterocycles. The van der Waals surface area contributed by atoms with Gasteiger partial charge in [0.2, 0.25) is 5.88 Å². The minimum atomic E-state index is -0.760. The Bertz CT molecular complexity index is 1230. The van der Waals surface area contributed by atoms with Crippen molar-refractivity contribution in [2.75, 3.05) is 0 Å². The van der Waals surface area contributed by atoms with Crippen molar-refractivity contribution in [3.63, 3.8) is 0 Å². The molecule has 0 unspecified atom stereocenters. The number of azo groups is 1. The van der Waals surface area contributed by atoms with Gasteiger partial charge in [-0.25, -0.2) is 0 Å². The standard InChI is InChI=1S/C22H16ClN3O3/c23-15-10-11-19(27)17(12-15)21(28)25-24-20-16-8-4-5-9-18(16)26(22(20)29)13-14-6-2-1-3-7-14/h1-12,27,29H,13H2. The third kappa shape index (κ3) is 3.70. The number of phenolic OH excluding ortho intramolecular Hbond substituents is 1. The quantitative estimate of drug-likeness (QED) is 0.428. The van der Waals surface area contributed by atoms with Crippen LogP contribution in [0.25, 0.3) is 10.9 Å². The van der Waals surface area contributed by atoms with Gasteiger partial charge >= 0.3 is 0 Å². The lowest BCUT2D eigenvalue weighted by Gasteiger charge is -2.06. The molecule has 0 atom stereocenters. The number of carbonyl (C=O) groups excluding carboxylic acids is 1. The average Bonchev–Trinajstić information content (AvgIpc) is 3.00. The molecule has 4 aromatic rings. The van der Waals surface area contributed by atoms with Crippen LogP contribution in [0.3, 0.4) is 0 Å². The average molecular weight is 406 g/mol. The molecule has 2 N–H and O–H groups in total. The molecule has 0 saturated heterocycles. The Labute approximate surface area is 171 Å². The van der Waals surface area contributed by atoms with Gasteiger partial charge < -0.3 is 14.8 Å². The Balaban J connectivity index is 1.74. The largest absolute Gasteiger partial charge is 0.507 e. The van der Waals surface area contributed by atoms with E-state index in [4.69, 9.17) is 11.6 Å². The normalized spacial score (nSPS) is 11.3. The highest BCUT2D eigenvalue weighted by atomic mass is 35.5. The Morgan fingerprint density at radius 1 is 0.966 bits per heavy atom. The number of aromatic hydroxyl groups is 2. The number of hydrogen-bond acceptors (Lipinski definition) is 4. The topological polar surface area (TPSA) is 87.2 Å². The maximum absolute atomic E-state index is 12.4. The Morgan fingerprint density at radius 3 is 2.48 bits per heavy atom. The number of halogens is 1. The summed E-state index contributed by atoms with van der Waals surface area (Å²) in [6, 6.07) is 21.1. The van der Waals surface area contributed by atoms with Crippen LogP contribution in [0.4, 0.5) is 5.69 Å². The van der Waals surface area contributed by atoms with E-state index >= 15 is 0 Å². The van der Waals surface area contributed by atoms with E-state index in [-0.39, 0.29) is 22.9 Å². The maximum atomic E-state index is 12.4. The first kappa shape index (κ1) is 18.7. The molecule has 4 rings (SSSR count). The van der Waals surface area contributed by atoms with Gasteiger partial charge in [0.1, 0.15) is 5.75 Å². The lowest BCUT2D eigenvalue weighted by molar-refractivity contribution is 0.0992. The lowest BCUT2D eigenvalue weighted by Crippen LogP contribution is -1.98. The van der Waals surface area contributed by atoms with Gasteiger partial charge in [0.05, 0.1) is 17.6 Å². The Kier molecular flexibility index (Phi) is 5.01. The third-order valence-electron chi connectivity index (χ3n) is 4.53. The number of aromatic nitrogens is 1. The van der Waals surface area contributed by atoms with E-state index in [1.807, 2.05) is 48.5 Å². The fraction of sp³-hybridized carbons (Fsp3) is 0.0455. The molecule has 29 heavy (non-hydrogen) atoms. The van der Waals surface area contributed by atoms with Crippen LogP contribution in [-0.4, -0.2) is 20.7 Å². The maximum Gasteiger partial charge on any atom is 0.299 e. The zero-order chi connectivity index (χ0) is 20.4. The van der Waals surface area contributed by atoms with Crippen molar-refractivity contribution in [3.8, 4) is 11.6 Å². The van der Waals surface area contributed by atoms with Crippen molar-refractivity contribution >= 4 is 34.1 Å². The van der Waals surface area contributed by atoms with Crippen molar-refractivity contribution in [2.24, 2.45) is 10.2 Å². The fourth-order valence-corrected chi connectivity index (χ4v) is 3.30. The molecule has 6 nitrogen and oxygen atoms in total. The van der Waals surface area contributed by atoms with Crippen LogP contribution in [0.5, 0.6) is 11.6 Å². The highest BCUT2D eigenvalue weighted by Gasteiger charge is 2.18. The summed E-state index contributed by atoms with van der Waals surface area (Å²) in [4.78, 5) is 12.4. The van der Waals surface area contributed by atoms with Crippen molar-refractivity contribution in [1.29, 1.82) is 0 Å². The summed E-state index contributed by atoms with van der Waals surface area (Å²) in [5.74, 6) is -1.10. The lowest BCUT2D eigenvalue weighted by atomic mass is 10.2. The van der Waals surface area contributed by atoms with Crippen molar-refractivity contribution in [2.45, 2.75) is 6.54 Å². The summed E-state index contributed by atoms with van der Waals surface area (Å²) in [6.07, 6.45) is 0. The minimum Gasteiger partial charge on any atom is -0.507 e. The molecule has 0 bridgehead atoms. The fourth-order valence-electron chi connectivity index (χ4n) is 3.13. The second-order valence-corrected chi connectivity index (χ2v) is 6.86. The summed E-state index contributed by atoms with van der Waals surface area (Å²) in [5.41, 5.74) is 1.90. The van der Waals surface area contributed by atoms with Crippen molar-refractivity contribution < 1.29 is 15.0 Å². The third-order valence-corrected chi connectivity index (χ3v) is 4.77. The van der Waals surface area contributed by atoms with Crippen molar-refractivity contribution in [3.05, 3.63) is 88.9 Å². The molecule has 1 heterocycles. The Hall–Kier alpha value is -3.64. The van der Waals surface area contributed by atoms with Crippen LogP contribution in [0.15, 0.2) is 83.0 Å². The van der Waals surface area contributed by atoms with E-state index in [9.17, 15) is 15.0 Å².